The van der Waals surface area contributed by atoms with E-state index in [0.29, 0.717) is 24.9 Å². The highest BCUT2D eigenvalue weighted by molar-refractivity contribution is 7.89. The number of nitrogens with one attached hydrogen (secondary N) is 1. The lowest BCUT2D eigenvalue weighted by Crippen LogP contribution is -2.26. The van der Waals surface area contributed by atoms with E-state index in [2.05, 4.69) is 16.6 Å². The highest BCUT2D eigenvalue weighted by atomic mass is 32.2. The lowest BCUT2D eigenvalue weighted by molar-refractivity contribution is 0.368. The Morgan fingerprint density at radius 3 is 1.72 bits per heavy atom. The molecular weight excluding hydrogens is 536 g/mol. The summed E-state index contributed by atoms with van der Waals surface area (Å²) < 4.78 is 79.8. The van der Waals surface area contributed by atoms with Crippen LogP contribution in [-0.4, -0.2) is 28.9 Å². The lowest BCUT2D eigenvalue weighted by atomic mass is 10.0. The average molecular weight is 584 g/mol. The number of hydrogen-bond acceptors (Lipinski definition) is 3. The molecule has 0 radical (unpaired) electrons. The molecule has 0 aromatic heterocycles. The van der Waals surface area contributed by atoms with Gasteiger partial charge in [0, 0.05) is 12.6 Å². The molecule has 0 bridgehead atoms. The molecule has 1 rings (SSSR count). The van der Waals surface area contributed by atoms with Crippen molar-refractivity contribution in [2.45, 2.75) is 127 Å². The molecule has 1 aromatic carbocycles. The van der Waals surface area contributed by atoms with Crippen molar-refractivity contribution in [2.24, 2.45) is 0 Å². The van der Waals surface area contributed by atoms with Gasteiger partial charge in [0.25, 0.3) is 0 Å². The zero-order chi connectivity index (χ0) is 29.4. The number of hydrogen-bond donors (Lipinski definition) is 1. The number of halogens is 5. The highest BCUT2D eigenvalue weighted by Crippen LogP contribution is 2.29. The van der Waals surface area contributed by atoms with Crippen LogP contribution in [0.4, 0.5) is 27.3 Å². The molecule has 0 unspecified atom stereocenters. The third-order valence-corrected chi connectivity index (χ3v) is 7.95. The maximum atomic E-state index is 13.0. The Morgan fingerprint density at radius 1 is 0.769 bits per heavy atom. The summed E-state index contributed by atoms with van der Waals surface area (Å²) in [5, 5.41) is 9.38. The summed E-state index contributed by atoms with van der Waals surface area (Å²) >= 11 is 0. The topological polar surface area (TPSA) is 74.3 Å². The van der Waals surface area contributed by atoms with Gasteiger partial charge in [-0.25, -0.2) is 13.1 Å². The van der Waals surface area contributed by atoms with Crippen LogP contribution in [0.3, 0.4) is 0 Å². The van der Waals surface area contributed by atoms with Gasteiger partial charge in [-0.15, -0.1) is 0 Å². The standard InChI is InChI=1S/C27H47FN3O2S.BF4/c1-2-3-4-5-6-7-8-9-10-13-16-20-25-21-19-22-26(31-29)27(25)34(32,33)30-24-18-15-12-11-14-17-23-28;2-1(3,4)5/h19,21-22,30H,2-18,20,23-24H2,1H3;/q+1;-1. The second kappa shape index (κ2) is 23.0. The fraction of sp³-hybridized carbons (Fsp3) is 0.778. The van der Waals surface area contributed by atoms with Crippen LogP contribution in [0, 0.1) is 5.39 Å². The Labute approximate surface area is 232 Å². The van der Waals surface area contributed by atoms with Gasteiger partial charge in [0.05, 0.1) is 6.67 Å². The van der Waals surface area contributed by atoms with Crippen molar-refractivity contribution in [1.29, 1.82) is 5.39 Å². The van der Waals surface area contributed by atoms with Crippen LogP contribution in [0.5, 0.6) is 0 Å². The number of sulfonamides is 1. The van der Waals surface area contributed by atoms with Crippen LogP contribution in [0.15, 0.2) is 23.1 Å². The minimum atomic E-state index is -6.00. The Bertz CT molecular complexity index is 890. The molecule has 0 fully saturated rings. The van der Waals surface area contributed by atoms with E-state index in [1.165, 1.54) is 63.9 Å². The molecule has 0 heterocycles. The second-order valence-electron chi connectivity index (χ2n) is 9.85. The molecule has 0 atom stereocenters. The number of nitrogens with zero attached hydrogens (tertiary/aromatic N) is 2. The van der Waals surface area contributed by atoms with E-state index in [1.54, 1.807) is 6.07 Å². The van der Waals surface area contributed by atoms with Crippen molar-refractivity contribution in [3.05, 3.63) is 28.7 Å². The zero-order valence-corrected chi connectivity index (χ0v) is 24.3. The smallest absolute Gasteiger partial charge is 0.418 e. The predicted octanol–water partition coefficient (Wildman–Crippen LogP) is 9.91. The van der Waals surface area contributed by atoms with Crippen LogP contribution in [-0.2, 0) is 16.4 Å². The van der Waals surface area contributed by atoms with Gasteiger partial charge in [-0.2, -0.15) is 0 Å². The SMILES string of the molecule is CCCCCCCCCCCCCc1cccc([N+]#N)c1S(=O)(=O)NCCCCCCCCF.F[B-](F)(F)F. The first-order chi connectivity index (χ1) is 18.6. The van der Waals surface area contributed by atoms with Crippen LogP contribution >= 0.6 is 0 Å². The van der Waals surface area contributed by atoms with Crippen LogP contribution in [0.1, 0.15) is 122 Å². The molecule has 0 saturated carbocycles. The van der Waals surface area contributed by atoms with Gasteiger partial charge >= 0.3 is 12.9 Å². The maximum Gasteiger partial charge on any atom is 0.673 e. The summed E-state index contributed by atoms with van der Waals surface area (Å²) in [5.41, 5.74) is 0.809. The number of rotatable bonds is 22. The second-order valence-corrected chi connectivity index (χ2v) is 11.6. The molecule has 39 heavy (non-hydrogen) atoms. The van der Waals surface area contributed by atoms with E-state index in [4.69, 9.17) is 0 Å². The Hall–Kier alpha value is -1.74. The van der Waals surface area contributed by atoms with Crippen molar-refractivity contribution >= 4 is 23.0 Å². The molecule has 1 N–H and O–H groups in total. The first-order valence-electron chi connectivity index (χ1n) is 14.5. The van der Waals surface area contributed by atoms with Crippen molar-refractivity contribution < 1.29 is 30.1 Å². The minimum absolute atomic E-state index is 0.0966. The number of aryl methyl sites for hydroxylation is 1. The molecule has 5 nitrogen and oxygen atoms in total. The van der Waals surface area contributed by atoms with E-state index in [0.717, 1.165) is 44.9 Å². The van der Waals surface area contributed by atoms with Gasteiger partial charge in [-0.3, -0.25) is 4.39 Å². The molecule has 0 aliphatic carbocycles. The van der Waals surface area contributed by atoms with Crippen LogP contribution < -0.4 is 4.72 Å². The first-order valence-corrected chi connectivity index (χ1v) is 15.9. The van der Waals surface area contributed by atoms with Crippen molar-refractivity contribution in [3.8, 4) is 0 Å². The van der Waals surface area contributed by atoms with Crippen LogP contribution in [0.25, 0.3) is 4.98 Å². The zero-order valence-electron chi connectivity index (χ0n) is 23.5. The van der Waals surface area contributed by atoms with E-state index >= 15 is 0 Å². The summed E-state index contributed by atoms with van der Waals surface area (Å²) in [6.07, 6.45) is 19.4. The number of unbranched alkanes of at least 4 members (excludes halogenated alkanes) is 15. The van der Waals surface area contributed by atoms with Gasteiger partial charge in [0.15, 0.2) is 9.87 Å². The largest absolute Gasteiger partial charge is 0.673 e. The molecule has 0 saturated heterocycles. The number of diazo groups is 1. The minimum Gasteiger partial charge on any atom is -0.418 e. The lowest BCUT2D eigenvalue weighted by Gasteiger charge is -2.10. The van der Waals surface area contributed by atoms with Crippen LogP contribution in [0.2, 0.25) is 0 Å². The third kappa shape index (κ3) is 21.7. The van der Waals surface area contributed by atoms with E-state index < -0.39 is 17.3 Å². The molecule has 0 aliphatic heterocycles. The fourth-order valence-electron chi connectivity index (χ4n) is 4.34. The predicted molar refractivity (Wildman–Crippen MR) is 150 cm³/mol. The molecule has 0 aliphatic rings. The molecule has 1 aromatic rings. The van der Waals surface area contributed by atoms with Gasteiger partial charge in [-0.05, 0) is 31.2 Å². The summed E-state index contributed by atoms with van der Waals surface area (Å²) in [7, 11) is -9.75. The highest BCUT2D eigenvalue weighted by Gasteiger charge is 2.29. The average Bonchev–Trinajstić information content (AvgIpc) is 2.87. The van der Waals surface area contributed by atoms with Crippen molar-refractivity contribution in [3.63, 3.8) is 0 Å². The van der Waals surface area contributed by atoms with Crippen molar-refractivity contribution in [2.75, 3.05) is 13.2 Å². The van der Waals surface area contributed by atoms with Gasteiger partial charge in [-0.1, -0.05) is 109 Å². The first kappa shape index (κ1) is 37.3. The van der Waals surface area contributed by atoms with E-state index in [9.17, 15) is 35.5 Å². The monoisotopic (exact) mass is 583 g/mol. The summed E-state index contributed by atoms with van der Waals surface area (Å²) in [6.45, 7) is 2.33. The summed E-state index contributed by atoms with van der Waals surface area (Å²) in [5.74, 6) is 0. The number of benzene rings is 1. The van der Waals surface area contributed by atoms with E-state index in [-0.39, 0.29) is 17.3 Å². The maximum absolute atomic E-state index is 13.0. The molecule has 226 valence electrons. The Kier molecular flexibility index (Phi) is 22.0. The molecule has 12 heteroatoms. The normalized spacial score (nSPS) is 11.6. The molecule has 0 amide bonds. The summed E-state index contributed by atoms with van der Waals surface area (Å²) in [6, 6.07) is 5.10. The van der Waals surface area contributed by atoms with Crippen molar-refractivity contribution in [1.82, 2.24) is 4.72 Å². The fourth-order valence-corrected chi connectivity index (χ4v) is 5.80. The van der Waals surface area contributed by atoms with E-state index in [1.807, 2.05) is 6.07 Å². The third-order valence-electron chi connectivity index (χ3n) is 6.35. The number of alkyl halides is 1. The van der Waals surface area contributed by atoms with Gasteiger partial charge in [0.2, 0.25) is 15.4 Å². The Balaban J connectivity index is 0.00000263. The van der Waals surface area contributed by atoms with Gasteiger partial charge in [0.1, 0.15) is 0 Å². The summed E-state index contributed by atoms with van der Waals surface area (Å²) in [4.78, 5) is 3.34. The van der Waals surface area contributed by atoms with Gasteiger partial charge < -0.3 is 17.3 Å². The molecule has 0 spiro atoms. The quantitative estimate of drug-likeness (QED) is 0.0639. The molecular formula is C27H47BF5N3O2S. The Morgan fingerprint density at radius 2 is 1.23 bits per heavy atom.